The summed E-state index contributed by atoms with van der Waals surface area (Å²) in [4.78, 5) is 10.7. The van der Waals surface area contributed by atoms with Crippen LogP contribution in [0.3, 0.4) is 0 Å². The van der Waals surface area contributed by atoms with Gasteiger partial charge in [-0.05, 0) is 14.1 Å². The first-order chi connectivity index (χ1) is 8.04. The van der Waals surface area contributed by atoms with Crippen molar-refractivity contribution in [2.24, 2.45) is 0 Å². The molecule has 0 radical (unpaired) electrons. The fourth-order valence-electron chi connectivity index (χ4n) is 1.25. The number of alkyl halides is 1. The Kier molecular flexibility index (Phi) is 5.65. The molecule has 0 aliphatic carbocycles. The highest BCUT2D eigenvalue weighted by Gasteiger charge is 2.10. The van der Waals surface area contributed by atoms with Gasteiger partial charge in [-0.1, -0.05) is 13.8 Å². The lowest BCUT2D eigenvalue weighted by atomic mass is 10.2. The molecule has 0 aliphatic rings. The number of rotatable bonds is 6. The molecule has 4 nitrogen and oxygen atoms in total. The smallest absolute Gasteiger partial charge is 0.160 e. The van der Waals surface area contributed by atoms with Gasteiger partial charge in [0, 0.05) is 12.5 Å². The standard InChI is InChI=1S/C12H20ClN3O/c1-9(2)12-14-8-11(10(7-13)15-12)17-6-5-16(3)4/h8-9H,5-7H2,1-4H3. The zero-order valence-corrected chi connectivity index (χ0v) is 11.7. The third kappa shape index (κ3) is 4.48. The molecule has 0 atom stereocenters. The third-order valence-corrected chi connectivity index (χ3v) is 2.54. The molecule has 1 rings (SSSR count). The van der Waals surface area contributed by atoms with E-state index in [0.717, 1.165) is 18.1 Å². The summed E-state index contributed by atoms with van der Waals surface area (Å²) < 4.78 is 5.62. The molecule has 0 aliphatic heterocycles. The summed E-state index contributed by atoms with van der Waals surface area (Å²) in [6.45, 7) is 5.58. The van der Waals surface area contributed by atoms with Crippen LogP contribution in [0.1, 0.15) is 31.3 Å². The fraction of sp³-hybridized carbons (Fsp3) is 0.667. The van der Waals surface area contributed by atoms with Gasteiger partial charge in [0.15, 0.2) is 5.75 Å². The first-order valence-electron chi connectivity index (χ1n) is 5.74. The van der Waals surface area contributed by atoms with Gasteiger partial charge in [0.2, 0.25) is 0 Å². The van der Waals surface area contributed by atoms with Gasteiger partial charge in [-0.25, -0.2) is 9.97 Å². The van der Waals surface area contributed by atoms with E-state index in [9.17, 15) is 0 Å². The van der Waals surface area contributed by atoms with Crippen molar-refractivity contribution in [3.8, 4) is 5.75 Å². The Morgan fingerprint density at radius 3 is 2.65 bits per heavy atom. The van der Waals surface area contributed by atoms with Gasteiger partial charge in [0.05, 0.1) is 12.1 Å². The van der Waals surface area contributed by atoms with E-state index in [-0.39, 0.29) is 0 Å². The van der Waals surface area contributed by atoms with Crippen molar-refractivity contribution in [2.45, 2.75) is 25.6 Å². The lowest BCUT2D eigenvalue weighted by molar-refractivity contribution is 0.258. The second-order valence-electron chi connectivity index (χ2n) is 4.48. The topological polar surface area (TPSA) is 38.2 Å². The fourth-order valence-corrected chi connectivity index (χ4v) is 1.45. The number of likely N-dealkylation sites (N-methyl/N-ethyl adjacent to an activating group) is 1. The average molecular weight is 258 g/mol. The molecule has 0 amide bonds. The number of aromatic nitrogens is 2. The summed E-state index contributed by atoms with van der Waals surface area (Å²) in [6.07, 6.45) is 1.72. The van der Waals surface area contributed by atoms with E-state index in [1.165, 1.54) is 0 Å². The zero-order chi connectivity index (χ0) is 12.8. The zero-order valence-electron chi connectivity index (χ0n) is 10.9. The second-order valence-corrected chi connectivity index (χ2v) is 4.75. The van der Waals surface area contributed by atoms with Crippen LogP contribution in [0.15, 0.2) is 6.20 Å². The van der Waals surface area contributed by atoms with Crippen LogP contribution in [-0.4, -0.2) is 42.1 Å². The minimum absolute atomic E-state index is 0.299. The van der Waals surface area contributed by atoms with Crippen LogP contribution in [0, 0.1) is 0 Å². The van der Waals surface area contributed by atoms with Crippen LogP contribution in [0.5, 0.6) is 5.75 Å². The highest BCUT2D eigenvalue weighted by Crippen LogP contribution is 2.19. The quantitative estimate of drug-likeness (QED) is 0.733. The highest BCUT2D eigenvalue weighted by atomic mass is 35.5. The predicted octanol–water partition coefficient (Wildman–Crippen LogP) is 2.28. The van der Waals surface area contributed by atoms with E-state index in [0.29, 0.717) is 24.2 Å². The molecule has 17 heavy (non-hydrogen) atoms. The SMILES string of the molecule is CC(C)c1ncc(OCCN(C)C)c(CCl)n1. The first-order valence-corrected chi connectivity index (χ1v) is 6.27. The monoisotopic (exact) mass is 257 g/mol. The first kappa shape index (κ1) is 14.2. The van der Waals surface area contributed by atoms with Crippen molar-refractivity contribution in [3.63, 3.8) is 0 Å². The van der Waals surface area contributed by atoms with E-state index in [1.807, 2.05) is 14.1 Å². The van der Waals surface area contributed by atoms with Crippen LogP contribution in [0.25, 0.3) is 0 Å². The van der Waals surface area contributed by atoms with Gasteiger partial charge < -0.3 is 9.64 Å². The van der Waals surface area contributed by atoms with Crippen LogP contribution in [0.4, 0.5) is 0 Å². The summed E-state index contributed by atoms with van der Waals surface area (Å²) >= 11 is 5.87. The van der Waals surface area contributed by atoms with Crippen molar-refractivity contribution < 1.29 is 4.74 Å². The Bertz CT molecular complexity index is 356. The maximum atomic E-state index is 5.87. The maximum Gasteiger partial charge on any atom is 0.160 e. The number of halogens is 1. The molecule has 5 heteroatoms. The molecule has 1 aromatic heterocycles. The summed E-state index contributed by atoms with van der Waals surface area (Å²) in [5.74, 6) is 2.14. The third-order valence-electron chi connectivity index (χ3n) is 2.29. The number of hydrogen-bond donors (Lipinski definition) is 0. The number of hydrogen-bond acceptors (Lipinski definition) is 4. The Morgan fingerprint density at radius 1 is 1.41 bits per heavy atom. The van der Waals surface area contributed by atoms with Gasteiger partial charge in [-0.15, -0.1) is 11.6 Å². The maximum absolute atomic E-state index is 5.87. The van der Waals surface area contributed by atoms with Crippen molar-refractivity contribution in [3.05, 3.63) is 17.7 Å². The van der Waals surface area contributed by atoms with Crippen LogP contribution < -0.4 is 4.74 Å². The van der Waals surface area contributed by atoms with Crippen molar-refractivity contribution >= 4 is 11.6 Å². The molecule has 0 bridgehead atoms. The van der Waals surface area contributed by atoms with E-state index < -0.39 is 0 Å². The van der Waals surface area contributed by atoms with E-state index in [1.54, 1.807) is 6.20 Å². The number of ether oxygens (including phenoxy) is 1. The molecular weight excluding hydrogens is 238 g/mol. The van der Waals surface area contributed by atoms with Crippen molar-refractivity contribution in [2.75, 3.05) is 27.2 Å². The van der Waals surface area contributed by atoms with Gasteiger partial charge in [0.25, 0.3) is 0 Å². The van der Waals surface area contributed by atoms with Crippen molar-refractivity contribution in [1.82, 2.24) is 14.9 Å². The Labute approximate surface area is 108 Å². The predicted molar refractivity (Wildman–Crippen MR) is 69.7 cm³/mol. The number of nitrogens with zero attached hydrogens (tertiary/aromatic N) is 3. The molecule has 96 valence electrons. The van der Waals surface area contributed by atoms with Crippen LogP contribution in [-0.2, 0) is 5.88 Å². The molecule has 0 fully saturated rings. The summed E-state index contributed by atoms with van der Waals surface area (Å²) in [5.41, 5.74) is 0.768. The summed E-state index contributed by atoms with van der Waals surface area (Å²) in [6, 6.07) is 0. The lowest BCUT2D eigenvalue weighted by Crippen LogP contribution is -2.20. The Hall–Kier alpha value is -0.870. The van der Waals surface area contributed by atoms with Crippen molar-refractivity contribution in [1.29, 1.82) is 0 Å². The molecule has 1 heterocycles. The largest absolute Gasteiger partial charge is 0.489 e. The summed E-state index contributed by atoms with van der Waals surface area (Å²) in [5, 5.41) is 0. The average Bonchev–Trinajstić information content (AvgIpc) is 2.28. The van der Waals surface area contributed by atoms with Gasteiger partial charge in [-0.3, -0.25) is 0 Å². The summed E-state index contributed by atoms with van der Waals surface area (Å²) in [7, 11) is 4.01. The molecule has 0 spiro atoms. The highest BCUT2D eigenvalue weighted by molar-refractivity contribution is 6.17. The van der Waals surface area contributed by atoms with Crippen LogP contribution in [0.2, 0.25) is 0 Å². The Morgan fingerprint density at radius 2 is 2.12 bits per heavy atom. The molecule has 0 N–H and O–H groups in total. The normalized spacial score (nSPS) is 11.2. The minimum Gasteiger partial charge on any atom is -0.489 e. The van der Waals surface area contributed by atoms with Crippen LogP contribution >= 0.6 is 11.6 Å². The lowest BCUT2D eigenvalue weighted by Gasteiger charge is -2.13. The van der Waals surface area contributed by atoms with E-state index in [4.69, 9.17) is 16.3 Å². The molecular formula is C12H20ClN3O. The van der Waals surface area contributed by atoms with E-state index in [2.05, 4.69) is 28.7 Å². The van der Waals surface area contributed by atoms with E-state index >= 15 is 0 Å². The molecule has 1 aromatic rings. The minimum atomic E-state index is 0.299. The molecule has 0 aromatic carbocycles. The van der Waals surface area contributed by atoms with Gasteiger partial charge >= 0.3 is 0 Å². The molecule has 0 unspecified atom stereocenters. The molecule has 0 saturated heterocycles. The Balaban J connectivity index is 2.71. The van der Waals surface area contributed by atoms with Gasteiger partial charge in [-0.2, -0.15) is 0 Å². The second kappa shape index (κ2) is 6.77. The molecule has 0 saturated carbocycles. The van der Waals surface area contributed by atoms with Gasteiger partial charge in [0.1, 0.15) is 18.1 Å².